The number of quaternary nitrogens is 1. The van der Waals surface area contributed by atoms with E-state index < -0.39 is 6.10 Å². The predicted octanol–water partition coefficient (Wildman–Crippen LogP) is 1.77. The van der Waals surface area contributed by atoms with Gasteiger partial charge in [0.05, 0.1) is 13.1 Å². The fourth-order valence-electron chi connectivity index (χ4n) is 2.83. The number of nitrogens with one attached hydrogen (secondary N) is 1. The highest BCUT2D eigenvalue weighted by Crippen LogP contribution is 2.25. The Kier molecular flexibility index (Phi) is 5.70. The first kappa shape index (κ1) is 15.6. The Morgan fingerprint density at radius 2 is 1.80 bits per heavy atom. The molecular formula is C16H25ClNO2+. The minimum Gasteiger partial charge on any atom is -0.491 e. The molecule has 4 heteroatoms. The maximum Gasteiger partial charge on any atom is 0.137 e. The maximum atomic E-state index is 10.1. The summed E-state index contributed by atoms with van der Waals surface area (Å²) in [5.41, 5.74) is 2.02. The molecule has 0 unspecified atom stereocenters. The normalized spacial score (nSPS) is 18.0. The number of rotatable bonds is 5. The lowest BCUT2D eigenvalue weighted by molar-refractivity contribution is -0.908. The van der Waals surface area contributed by atoms with E-state index in [1.165, 1.54) is 37.3 Å². The summed E-state index contributed by atoms with van der Waals surface area (Å²) in [6.07, 6.45) is 3.48. The molecule has 1 aliphatic heterocycles. The molecule has 1 aromatic rings. The molecule has 0 bridgehead atoms. The van der Waals surface area contributed by atoms with Gasteiger partial charge in [0.15, 0.2) is 0 Å². The molecule has 0 aliphatic carbocycles. The van der Waals surface area contributed by atoms with Gasteiger partial charge in [-0.2, -0.15) is 0 Å². The van der Waals surface area contributed by atoms with Crippen LogP contribution in [-0.4, -0.2) is 37.5 Å². The van der Waals surface area contributed by atoms with Crippen LogP contribution in [0.1, 0.15) is 30.4 Å². The van der Waals surface area contributed by atoms with Gasteiger partial charge < -0.3 is 14.7 Å². The minimum atomic E-state index is -0.403. The van der Waals surface area contributed by atoms with Crippen LogP contribution in [0.3, 0.4) is 0 Å². The van der Waals surface area contributed by atoms with Gasteiger partial charge in [-0.15, -0.1) is 0 Å². The maximum absolute atomic E-state index is 10.1. The third-order valence-corrected chi connectivity index (χ3v) is 4.53. The molecule has 1 aromatic carbocycles. The predicted molar refractivity (Wildman–Crippen MR) is 81.8 cm³/mol. The van der Waals surface area contributed by atoms with Crippen molar-refractivity contribution in [3.63, 3.8) is 0 Å². The monoisotopic (exact) mass is 298 g/mol. The van der Waals surface area contributed by atoms with Crippen molar-refractivity contribution in [3.05, 3.63) is 28.3 Å². The van der Waals surface area contributed by atoms with E-state index >= 15 is 0 Å². The summed E-state index contributed by atoms with van der Waals surface area (Å²) in [6, 6.07) is 3.85. The molecule has 1 saturated heterocycles. The number of likely N-dealkylation sites (tertiary alicyclic amines) is 1. The first-order valence-electron chi connectivity index (χ1n) is 7.47. The molecule has 0 radical (unpaired) electrons. The average molecular weight is 299 g/mol. The highest BCUT2D eigenvalue weighted by Gasteiger charge is 2.18. The van der Waals surface area contributed by atoms with E-state index in [2.05, 4.69) is 0 Å². The lowest BCUT2D eigenvalue weighted by Crippen LogP contribution is -3.14. The lowest BCUT2D eigenvalue weighted by atomic mass is 10.1. The Morgan fingerprint density at radius 1 is 1.20 bits per heavy atom. The zero-order valence-electron chi connectivity index (χ0n) is 12.4. The van der Waals surface area contributed by atoms with E-state index in [4.69, 9.17) is 16.3 Å². The second-order valence-electron chi connectivity index (χ2n) is 5.85. The molecule has 0 saturated carbocycles. The van der Waals surface area contributed by atoms with Crippen LogP contribution in [0.25, 0.3) is 0 Å². The van der Waals surface area contributed by atoms with Gasteiger partial charge in [0, 0.05) is 5.02 Å². The summed E-state index contributed by atoms with van der Waals surface area (Å²) >= 11 is 6.13. The van der Waals surface area contributed by atoms with Crippen molar-refractivity contribution in [2.75, 3.05) is 26.2 Å². The molecule has 0 aromatic heterocycles. The Hall–Kier alpha value is -0.770. The van der Waals surface area contributed by atoms with Crippen molar-refractivity contribution in [2.45, 2.75) is 39.2 Å². The van der Waals surface area contributed by atoms with Gasteiger partial charge in [0.25, 0.3) is 0 Å². The van der Waals surface area contributed by atoms with E-state index in [-0.39, 0.29) is 0 Å². The van der Waals surface area contributed by atoms with Crippen molar-refractivity contribution in [2.24, 2.45) is 0 Å². The smallest absolute Gasteiger partial charge is 0.137 e. The molecule has 112 valence electrons. The van der Waals surface area contributed by atoms with Gasteiger partial charge in [0.2, 0.25) is 0 Å². The Labute approximate surface area is 126 Å². The number of piperidine rings is 1. The molecule has 2 rings (SSSR count). The lowest BCUT2D eigenvalue weighted by Gasteiger charge is -2.25. The van der Waals surface area contributed by atoms with Crippen LogP contribution < -0.4 is 9.64 Å². The summed E-state index contributed by atoms with van der Waals surface area (Å²) in [6.45, 7) is 7.43. The number of aryl methyl sites for hydroxylation is 2. The zero-order valence-corrected chi connectivity index (χ0v) is 13.2. The Balaban J connectivity index is 1.82. The van der Waals surface area contributed by atoms with Crippen LogP contribution in [0.5, 0.6) is 5.75 Å². The summed E-state index contributed by atoms with van der Waals surface area (Å²) in [7, 11) is 0. The van der Waals surface area contributed by atoms with Gasteiger partial charge in [-0.25, -0.2) is 0 Å². The average Bonchev–Trinajstić information content (AvgIpc) is 2.43. The van der Waals surface area contributed by atoms with E-state index in [0.717, 1.165) is 28.4 Å². The van der Waals surface area contributed by atoms with Crippen LogP contribution >= 0.6 is 11.6 Å². The number of halogens is 1. The fraction of sp³-hybridized carbons (Fsp3) is 0.625. The number of aliphatic hydroxyl groups is 1. The third-order valence-electron chi connectivity index (χ3n) is 3.94. The van der Waals surface area contributed by atoms with E-state index in [1.807, 2.05) is 26.0 Å². The first-order valence-corrected chi connectivity index (χ1v) is 7.85. The zero-order chi connectivity index (χ0) is 14.5. The van der Waals surface area contributed by atoms with Crippen LogP contribution in [0.2, 0.25) is 5.02 Å². The quantitative estimate of drug-likeness (QED) is 0.869. The molecule has 1 heterocycles. The summed E-state index contributed by atoms with van der Waals surface area (Å²) in [4.78, 5) is 1.50. The van der Waals surface area contributed by atoms with Gasteiger partial charge in [-0.3, -0.25) is 0 Å². The fourth-order valence-corrected chi connectivity index (χ4v) is 2.94. The molecule has 2 N–H and O–H groups in total. The topological polar surface area (TPSA) is 33.9 Å². The van der Waals surface area contributed by atoms with E-state index in [9.17, 15) is 5.11 Å². The summed E-state index contributed by atoms with van der Waals surface area (Å²) < 4.78 is 5.70. The van der Waals surface area contributed by atoms with Gasteiger partial charge in [0.1, 0.15) is 25.0 Å². The van der Waals surface area contributed by atoms with E-state index in [0.29, 0.717) is 6.61 Å². The molecule has 20 heavy (non-hydrogen) atoms. The highest BCUT2D eigenvalue weighted by molar-refractivity contribution is 6.32. The second kappa shape index (κ2) is 7.30. The van der Waals surface area contributed by atoms with Gasteiger partial charge in [-0.05, 0) is 56.4 Å². The van der Waals surface area contributed by atoms with Crippen molar-refractivity contribution < 1.29 is 14.7 Å². The molecule has 0 spiro atoms. The molecule has 1 fully saturated rings. The molecule has 1 atom stereocenters. The van der Waals surface area contributed by atoms with Gasteiger partial charge >= 0.3 is 0 Å². The summed E-state index contributed by atoms with van der Waals surface area (Å²) in [5, 5.41) is 10.9. The van der Waals surface area contributed by atoms with E-state index in [1.54, 1.807) is 0 Å². The van der Waals surface area contributed by atoms with Crippen LogP contribution in [0.4, 0.5) is 0 Å². The van der Waals surface area contributed by atoms with Crippen LogP contribution in [0, 0.1) is 13.8 Å². The molecule has 3 nitrogen and oxygen atoms in total. The van der Waals surface area contributed by atoms with Gasteiger partial charge in [-0.1, -0.05) is 11.6 Å². The molecule has 0 amide bonds. The van der Waals surface area contributed by atoms with Crippen LogP contribution in [-0.2, 0) is 0 Å². The SMILES string of the molecule is Cc1cc(OC[C@H](O)C[NH+]2CCCCC2)cc(C)c1Cl. The highest BCUT2D eigenvalue weighted by atomic mass is 35.5. The first-order chi connectivity index (χ1) is 9.56. The van der Waals surface area contributed by atoms with Crippen molar-refractivity contribution >= 4 is 11.6 Å². The molecule has 1 aliphatic rings. The van der Waals surface area contributed by atoms with Crippen molar-refractivity contribution in [3.8, 4) is 5.75 Å². The minimum absolute atomic E-state index is 0.351. The Bertz CT molecular complexity index is 421. The molecular weight excluding hydrogens is 274 g/mol. The number of benzene rings is 1. The van der Waals surface area contributed by atoms with Crippen molar-refractivity contribution in [1.29, 1.82) is 0 Å². The Morgan fingerprint density at radius 3 is 2.40 bits per heavy atom. The largest absolute Gasteiger partial charge is 0.491 e. The third kappa shape index (κ3) is 4.37. The number of hydrogen-bond donors (Lipinski definition) is 2. The van der Waals surface area contributed by atoms with Crippen molar-refractivity contribution in [1.82, 2.24) is 0 Å². The van der Waals surface area contributed by atoms with Crippen LogP contribution in [0.15, 0.2) is 12.1 Å². The standard InChI is InChI=1S/C16H24ClNO2/c1-12-8-15(9-13(2)16(12)17)20-11-14(19)10-18-6-4-3-5-7-18/h8-9,14,19H,3-7,10-11H2,1-2H3/p+1/t14-/m1/s1. The number of ether oxygens (including phenoxy) is 1. The summed E-state index contributed by atoms with van der Waals surface area (Å²) in [5.74, 6) is 0.789. The number of hydrogen-bond acceptors (Lipinski definition) is 2. The number of aliphatic hydroxyl groups excluding tert-OH is 1. The second-order valence-corrected chi connectivity index (χ2v) is 6.23.